The standard InChI is InChI=1S/C19H18O2S/c1-3-19(4-2)17(20)13-9-5-7-11-15(13)22-16-12-8-6-10-14(16)18(19)21/h5-12H,3-4H2,1-2H3. The SMILES string of the molecule is CCC1(CC)C(=O)c2ccccc2Sc2ccccc2C1=O. The molecule has 0 radical (unpaired) electrons. The summed E-state index contributed by atoms with van der Waals surface area (Å²) in [6.07, 6.45) is 1.04. The molecule has 0 saturated heterocycles. The van der Waals surface area contributed by atoms with Crippen molar-refractivity contribution >= 4 is 23.3 Å². The Labute approximate surface area is 134 Å². The van der Waals surface area contributed by atoms with Gasteiger partial charge in [0.1, 0.15) is 0 Å². The lowest BCUT2D eigenvalue weighted by atomic mass is 9.70. The number of hydrogen-bond acceptors (Lipinski definition) is 3. The van der Waals surface area contributed by atoms with Crippen LogP contribution in [0.25, 0.3) is 0 Å². The maximum absolute atomic E-state index is 13.2. The number of fused-ring (bicyclic) bond motifs is 2. The van der Waals surface area contributed by atoms with Crippen LogP contribution in [0.3, 0.4) is 0 Å². The molecule has 0 saturated carbocycles. The average Bonchev–Trinajstić information content (AvgIpc) is 2.56. The van der Waals surface area contributed by atoms with Crippen LogP contribution in [0.4, 0.5) is 0 Å². The Bertz CT molecular complexity index is 685. The van der Waals surface area contributed by atoms with E-state index in [4.69, 9.17) is 0 Å². The zero-order valence-corrected chi connectivity index (χ0v) is 13.6. The number of rotatable bonds is 2. The molecule has 112 valence electrons. The molecular weight excluding hydrogens is 292 g/mol. The molecule has 2 nitrogen and oxygen atoms in total. The minimum Gasteiger partial charge on any atom is -0.293 e. The van der Waals surface area contributed by atoms with E-state index < -0.39 is 5.41 Å². The van der Waals surface area contributed by atoms with E-state index in [2.05, 4.69) is 0 Å². The van der Waals surface area contributed by atoms with Gasteiger partial charge in [-0.05, 0) is 25.0 Å². The largest absolute Gasteiger partial charge is 0.293 e. The fraction of sp³-hybridized carbons (Fsp3) is 0.263. The summed E-state index contributed by atoms with van der Waals surface area (Å²) < 4.78 is 0. The Hall–Kier alpha value is -1.87. The number of Topliss-reactive ketones (excluding diaryl/α,β-unsaturated/α-hetero) is 2. The van der Waals surface area contributed by atoms with E-state index in [0.717, 1.165) is 9.79 Å². The third-order valence-corrected chi connectivity index (χ3v) is 5.71. The van der Waals surface area contributed by atoms with Gasteiger partial charge in [0.2, 0.25) is 0 Å². The molecule has 0 unspecified atom stereocenters. The fourth-order valence-corrected chi connectivity index (χ4v) is 4.19. The van der Waals surface area contributed by atoms with Crippen LogP contribution in [0.1, 0.15) is 47.4 Å². The molecule has 0 fully saturated rings. The molecule has 0 spiro atoms. The highest BCUT2D eigenvalue weighted by Crippen LogP contribution is 2.44. The zero-order chi connectivity index (χ0) is 15.7. The van der Waals surface area contributed by atoms with Gasteiger partial charge >= 0.3 is 0 Å². The molecule has 3 rings (SSSR count). The van der Waals surface area contributed by atoms with Crippen molar-refractivity contribution in [2.75, 3.05) is 0 Å². The molecule has 1 heterocycles. The van der Waals surface area contributed by atoms with E-state index in [1.165, 1.54) is 11.8 Å². The summed E-state index contributed by atoms with van der Waals surface area (Å²) in [6.45, 7) is 3.86. The van der Waals surface area contributed by atoms with Crippen molar-refractivity contribution in [2.24, 2.45) is 5.41 Å². The molecule has 1 aliphatic rings. The number of carbonyl (C=O) groups excluding carboxylic acids is 2. The van der Waals surface area contributed by atoms with Gasteiger partial charge in [-0.15, -0.1) is 0 Å². The zero-order valence-electron chi connectivity index (χ0n) is 12.8. The van der Waals surface area contributed by atoms with Gasteiger partial charge < -0.3 is 0 Å². The van der Waals surface area contributed by atoms with Crippen LogP contribution in [-0.4, -0.2) is 11.6 Å². The van der Waals surface area contributed by atoms with Crippen LogP contribution in [0.2, 0.25) is 0 Å². The van der Waals surface area contributed by atoms with E-state index >= 15 is 0 Å². The van der Waals surface area contributed by atoms with Gasteiger partial charge in [0, 0.05) is 20.9 Å². The summed E-state index contributed by atoms with van der Waals surface area (Å²) in [5.41, 5.74) is 0.380. The van der Waals surface area contributed by atoms with E-state index in [1.807, 2.05) is 62.4 Å². The second-order valence-electron chi connectivity index (χ2n) is 5.54. The van der Waals surface area contributed by atoms with Gasteiger partial charge in [-0.3, -0.25) is 9.59 Å². The lowest BCUT2D eigenvalue weighted by Gasteiger charge is -2.31. The summed E-state index contributed by atoms with van der Waals surface area (Å²) in [4.78, 5) is 28.2. The Morgan fingerprint density at radius 2 is 1.18 bits per heavy atom. The van der Waals surface area contributed by atoms with E-state index in [0.29, 0.717) is 24.0 Å². The summed E-state index contributed by atoms with van der Waals surface area (Å²) in [5, 5.41) is 0. The Balaban J connectivity index is 2.32. The maximum atomic E-state index is 13.2. The van der Waals surface area contributed by atoms with Crippen molar-refractivity contribution in [3.05, 3.63) is 59.7 Å². The van der Waals surface area contributed by atoms with Crippen LogP contribution in [0.5, 0.6) is 0 Å². The van der Waals surface area contributed by atoms with Crippen molar-refractivity contribution < 1.29 is 9.59 Å². The third kappa shape index (κ3) is 2.12. The van der Waals surface area contributed by atoms with Gasteiger partial charge in [0.15, 0.2) is 11.6 Å². The minimum atomic E-state index is -0.951. The molecule has 1 aliphatic heterocycles. The molecule has 2 aromatic rings. The highest BCUT2D eigenvalue weighted by Gasteiger charge is 2.45. The topological polar surface area (TPSA) is 34.1 Å². The first-order valence-corrected chi connectivity index (χ1v) is 8.41. The van der Waals surface area contributed by atoms with Crippen LogP contribution in [-0.2, 0) is 0 Å². The third-order valence-electron chi connectivity index (χ3n) is 4.56. The summed E-state index contributed by atoms with van der Waals surface area (Å²) >= 11 is 1.50. The lowest BCUT2D eigenvalue weighted by molar-refractivity contribution is 0.0641. The van der Waals surface area contributed by atoms with Crippen molar-refractivity contribution in [3.8, 4) is 0 Å². The first kappa shape index (κ1) is 15.0. The Morgan fingerprint density at radius 3 is 1.59 bits per heavy atom. The summed E-state index contributed by atoms with van der Waals surface area (Å²) in [5.74, 6) is -0.0831. The molecular formula is C19H18O2S. The molecule has 0 atom stereocenters. The molecule has 0 aromatic heterocycles. The number of benzene rings is 2. The predicted octanol–water partition coefficient (Wildman–Crippen LogP) is 5.02. The number of carbonyl (C=O) groups is 2. The van der Waals surface area contributed by atoms with E-state index in [-0.39, 0.29) is 11.6 Å². The Morgan fingerprint density at radius 1 is 0.773 bits per heavy atom. The Kier molecular flexibility index (Phi) is 3.92. The van der Waals surface area contributed by atoms with Crippen molar-refractivity contribution in [1.29, 1.82) is 0 Å². The van der Waals surface area contributed by atoms with E-state index in [9.17, 15) is 9.59 Å². The highest BCUT2D eigenvalue weighted by atomic mass is 32.2. The van der Waals surface area contributed by atoms with Crippen LogP contribution in [0.15, 0.2) is 58.3 Å². The van der Waals surface area contributed by atoms with Crippen molar-refractivity contribution in [3.63, 3.8) is 0 Å². The van der Waals surface area contributed by atoms with Gasteiger partial charge in [-0.25, -0.2) is 0 Å². The highest BCUT2D eigenvalue weighted by molar-refractivity contribution is 7.99. The first-order chi connectivity index (χ1) is 10.6. The van der Waals surface area contributed by atoms with E-state index in [1.54, 1.807) is 0 Å². The number of hydrogen-bond donors (Lipinski definition) is 0. The molecule has 0 amide bonds. The van der Waals surface area contributed by atoms with Gasteiger partial charge in [0.25, 0.3) is 0 Å². The fourth-order valence-electron chi connectivity index (χ4n) is 3.12. The monoisotopic (exact) mass is 310 g/mol. The quantitative estimate of drug-likeness (QED) is 0.730. The number of ketones is 2. The van der Waals surface area contributed by atoms with Crippen molar-refractivity contribution in [2.45, 2.75) is 36.5 Å². The summed E-state index contributed by atoms with van der Waals surface area (Å²) in [7, 11) is 0. The van der Waals surface area contributed by atoms with Gasteiger partial charge in [-0.2, -0.15) is 0 Å². The lowest BCUT2D eigenvalue weighted by Crippen LogP contribution is -2.39. The van der Waals surface area contributed by atoms with Crippen LogP contribution >= 0.6 is 11.8 Å². The molecule has 0 N–H and O–H groups in total. The average molecular weight is 310 g/mol. The molecule has 2 aromatic carbocycles. The minimum absolute atomic E-state index is 0.0416. The summed E-state index contributed by atoms with van der Waals surface area (Å²) in [6, 6.07) is 15.2. The van der Waals surface area contributed by atoms with Gasteiger partial charge in [-0.1, -0.05) is 62.0 Å². The molecule has 0 aliphatic carbocycles. The second-order valence-corrected chi connectivity index (χ2v) is 6.63. The smallest absolute Gasteiger partial charge is 0.177 e. The van der Waals surface area contributed by atoms with Crippen LogP contribution in [0, 0.1) is 5.41 Å². The normalized spacial score (nSPS) is 16.5. The van der Waals surface area contributed by atoms with Crippen LogP contribution < -0.4 is 0 Å². The maximum Gasteiger partial charge on any atom is 0.177 e. The molecule has 3 heteroatoms. The van der Waals surface area contributed by atoms with Gasteiger partial charge in [0.05, 0.1) is 5.41 Å². The second kappa shape index (κ2) is 5.73. The predicted molar refractivity (Wildman–Crippen MR) is 88.7 cm³/mol. The molecule has 22 heavy (non-hydrogen) atoms. The van der Waals surface area contributed by atoms with Crippen molar-refractivity contribution in [1.82, 2.24) is 0 Å². The first-order valence-electron chi connectivity index (χ1n) is 7.59. The molecule has 0 bridgehead atoms.